The highest BCUT2D eigenvalue weighted by molar-refractivity contribution is 7.15. The number of carboxylic acid groups (broad SMARTS) is 1. The van der Waals surface area contributed by atoms with E-state index in [1.54, 1.807) is 17.1 Å². The van der Waals surface area contributed by atoms with Gasteiger partial charge in [-0.15, -0.1) is 16.4 Å². The largest absolute Gasteiger partial charge is 0.481 e. The van der Waals surface area contributed by atoms with Crippen molar-refractivity contribution in [3.05, 3.63) is 53.4 Å². The molecule has 0 bridgehead atoms. The molecule has 0 aliphatic heterocycles. The summed E-state index contributed by atoms with van der Waals surface area (Å²) in [6.45, 7) is 1.99. The molecule has 1 saturated carbocycles. The van der Waals surface area contributed by atoms with Crippen LogP contribution in [0.2, 0.25) is 0 Å². The van der Waals surface area contributed by atoms with Gasteiger partial charge in [-0.2, -0.15) is 0 Å². The molecule has 0 amide bonds. The zero-order chi connectivity index (χ0) is 24.6. The summed E-state index contributed by atoms with van der Waals surface area (Å²) in [5.74, 6) is 0.0709. The fraction of sp³-hybridized carbons (Fsp3) is 0.333. The first-order valence-corrected chi connectivity index (χ1v) is 12.1. The van der Waals surface area contributed by atoms with Crippen molar-refractivity contribution in [2.75, 3.05) is 5.32 Å². The van der Waals surface area contributed by atoms with E-state index >= 15 is 0 Å². The van der Waals surface area contributed by atoms with E-state index in [4.69, 9.17) is 4.98 Å². The van der Waals surface area contributed by atoms with Gasteiger partial charge in [0.15, 0.2) is 0 Å². The summed E-state index contributed by atoms with van der Waals surface area (Å²) < 4.78 is 1.65. The van der Waals surface area contributed by atoms with Crippen molar-refractivity contribution in [2.24, 2.45) is 13.0 Å². The molecule has 0 atom stereocenters. The fourth-order valence-electron chi connectivity index (χ4n) is 4.29. The van der Waals surface area contributed by atoms with Crippen LogP contribution in [0.1, 0.15) is 36.3 Å². The molecule has 0 saturated heterocycles. The Labute approximate surface area is 205 Å². The smallest absolute Gasteiger partial charge is 0.306 e. The molecule has 5 rings (SSSR count). The third-order valence-electron chi connectivity index (χ3n) is 6.20. The fourth-order valence-corrected chi connectivity index (χ4v) is 5.31. The minimum atomic E-state index is -1.09. The summed E-state index contributed by atoms with van der Waals surface area (Å²) in [6.07, 6.45) is 6.93. The molecule has 1 fully saturated rings. The van der Waals surface area contributed by atoms with Gasteiger partial charge < -0.3 is 15.5 Å². The van der Waals surface area contributed by atoms with Gasteiger partial charge in [0, 0.05) is 25.0 Å². The monoisotopic (exact) mass is 491 g/mol. The normalized spacial score (nSPS) is 20.0. The Morgan fingerprint density at radius 3 is 2.69 bits per heavy atom. The van der Waals surface area contributed by atoms with Gasteiger partial charge in [-0.05, 0) is 62.4 Å². The summed E-state index contributed by atoms with van der Waals surface area (Å²) in [4.78, 5) is 25.7. The van der Waals surface area contributed by atoms with Gasteiger partial charge in [0.1, 0.15) is 27.9 Å². The number of hydrogen-bond donors (Lipinski definition) is 3. The number of nitrogens with one attached hydrogen (secondary N) is 1. The Hall–Kier alpha value is -3.70. The zero-order valence-electron chi connectivity index (χ0n) is 19.3. The zero-order valence-corrected chi connectivity index (χ0v) is 20.2. The van der Waals surface area contributed by atoms with Crippen molar-refractivity contribution in [1.82, 2.24) is 29.9 Å². The van der Waals surface area contributed by atoms with Gasteiger partial charge in [-0.1, -0.05) is 5.21 Å². The molecular formula is C24H25N7O3S. The number of anilines is 2. The van der Waals surface area contributed by atoms with Crippen molar-refractivity contribution < 1.29 is 15.0 Å². The van der Waals surface area contributed by atoms with Crippen LogP contribution in [0.15, 0.2) is 42.9 Å². The maximum atomic E-state index is 11.3. The van der Waals surface area contributed by atoms with Crippen molar-refractivity contribution in [2.45, 2.75) is 38.2 Å². The second-order valence-electron chi connectivity index (χ2n) is 8.92. The number of nitrogens with zero attached hydrogens (tertiary/aromatic N) is 6. The predicted molar refractivity (Wildman–Crippen MR) is 131 cm³/mol. The first kappa shape index (κ1) is 23.1. The lowest BCUT2D eigenvalue weighted by Gasteiger charge is -2.32. The molecule has 1 aliphatic carbocycles. The molecule has 0 spiro atoms. The number of carboxylic acids is 1. The Bertz CT molecular complexity index is 1370. The Morgan fingerprint density at radius 1 is 1.17 bits per heavy atom. The standard InChI is InChI=1S/C24H25N7O3S/c1-14-9-17(19-12-26-23(35-19)24(34)6-3-15(4-7-24)22(32)33)27-21(10-14)28-20-11-16(5-8-25-20)18-13-31(2)30-29-18/h5,8-13,15,34H,3-4,6-7H2,1-2H3,(H,32,33)(H,25,27,28)/t15-,24+. The van der Waals surface area contributed by atoms with E-state index in [0.717, 1.165) is 27.4 Å². The Morgan fingerprint density at radius 2 is 1.97 bits per heavy atom. The molecule has 0 aromatic carbocycles. The minimum Gasteiger partial charge on any atom is -0.481 e. The summed E-state index contributed by atoms with van der Waals surface area (Å²) in [5.41, 5.74) is 2.30. The van der Waals surface area contributed by atoms with Crippen molar-refractivity contribution in [3.8, 4) is 21.8 Å². The predicted octanol–water partition coefficient (Wildman–Crippen LogP) is 3.91. The number of aliphatic hydroxyl groups is 1. The SMILES string of the molecule is Cc1cc(Nc2cc(-c3cn(C)nn3)ccn2)nc(-c2cnc([C@]3(O)CC[C@@H](C(=O)O)CC3)s2)c1. The van der Waals surface area contributed by atoms with Crippen LogP contribution in [0.4, 0.5) is 11.6 Å². The number of aromatic nitrogens is 6. The third-order valence-corrected chi connectivity index (χ3v) is 7.42. The Balaban J connectivity index is 1.36. The first-order chi connectivity index (χ1) is 16.8. The second kappa shape index (κ2) is 9.16. The van der Waals surface area contributed by atoms with Crippen LogP contribution < -0.4 is 5.32 Å². The molecule has 180 valence electrons. The van der Waals surface area contributed by atoms with Gasteiger partial charge >= 0.3 is 5.97 Å². The lowest BCUT2D eigenvalue weighted by molar-refractivity contribution is -0.145. The molecular weight excluding hydrogens is 466 g/mol. The third kappa shape index (κ3) is 4.91. The number of rotatable bonds is 6. The van der Waals surface area contributed by atoms with E-state index in [0.29, 0.717) is 42.3 Å². The average Bonchev–Trinajstić information content (AvgIpc) is 3.49. The highest BCUT2D eigenvalue weighted by atomic mass is 32.1. The quantitative estimate of drug-likeness (QED) is 0.366. The number of carbonyl (C=O) groups is 1. The van der Waals surface area contributed by atoms with Gasteiger partial charge in [-0.3, -0.25) is 9.48 Å². The van der Waals surface area contributed by atoms with Gasteiger partial charge in [0.2, 0.25) is 0 Å². The minimum absolute atomic E-state index is 0.388. The lowest BCUT2D eigenvalue weighted by Crippen LogP contribution is -2.33. The number of aryl methyl sites for hydroxylation is 2. The van der Waals surface area contributed by atoms with Crippen LogP contribution in [0.25, 0.3) is 21.8 Å². The van der Waals surface area contributed by atoms with Gasteiger partial charge in [-0.25, -0.2) is 15.0 Å². The summed E-state index contributed by atoms with van der Waals surface area (Å²) in [5, 5.41) is 32.4. The molecule has 11 heteroatoms. The highest BCUT2D eigenvalue weighted by Gasteiger charge is 2.39. The Kier molecular flexibility index (Phi) is 6.03. The van der Waals surface area contributed by atoms with Crippen LogP contribution in [0.3, 0.4) is 0 Å². The van der Waals surface area contributed by atoms with E-state index < -0.39 is 17.5 Å². The summed E-state index contributed by atoms with van der Waals surface area (Å²) >= 11 is 1.39. The molecule has 4 aromatic rings. The van der Waals surface area contributed by atoms with E-state index in [-0.39, 0.29) is 0 Å². The summed E-state index contributed by atoms with van der Waals surface area (Å²) in [6, 6.07) is 7.67. The van der Waals surface area contributed by atoms with Crippen LogP contribution in [0.5, 0.6) is 0 Å². The lowest BCUT2D eigenvalue weighted by atomic mass is 9.79. The van der Waals surface area contributed by atoms with Crippen molar-refractivity contribution >= 4 is 28.9 Å². The van der Waals surface area contributed by atoms with E-state index in [2.05, 4.69) is 25.6 Å². The number of aliphatic carboxylic acids is 1. The molecule has 0 radical (unpaired) electrons. The molecule has 4 aromatic heterocycles. The number of pyridine rings is 2. The molecule has 4 heterocycles. The maximum absolute atomic E-state index is 11.3. The van der Waals surface area contributed by atoms with E-state index in [1.807, 2.05) is 44.4 Å². The first-order valence-electron chi connectivity index (χ1n) is 11.3. The van der Waals surface area contributed by atoms with Crippen LogP contribution in [0, 0.1) is 12.8 Å². The van der Waals surface area contributed by atoms with Gasteiger partial charge in [0.25, 0.3) is 0 Å². The van der Waals surface area contributed by atoms with Crippen molar-refractivity contribution in [3.63, 3.8) is 0 Å². The van der Waals surface area contributed by atoms with E-state index in [9.17, 15) is 15.0 Å². The van der Waals surface area contributed by atoms with Crippen LogP contribution >= 0.6 is 11.3 Å². The van der Waals surface area contributed by atoms with Gasteiger partial charge in [0.05, 0.1) is 22.7 Å². The molecule has 1 aliphatic rings. The molecule has 3 N–H and O–H groups in total. The second-order valence-corrected chi connectivity index (χ2v) is 9.95. The topological polar surface area (TPSA) is 139 Å². The molecule has 10 nitrogen and oxygen atoms in total. The molecule has 35 heavy (non-hydrogen) atoms. The summed E-state index contributed by atoms with van der Waals surface area (Å²) in [7, 11) is 1.82. The number of hydrogen-bond acceptors (Lipinski definition) is 9. The van der Waals surface area contributed by atoms with Crippen molar-refractivity contribution in [1.29, 1.82) is 0 Å². The highest BCUT2D eigenvalue weighted by Crippen LogP contribution is 2.42. The molecule has 0 unspecified atom stereocenters. The van der Waals surface area contributed by atoms with E-state index in [1.165, 1.54) is 11.3 Å². The maximum Gasteiger partial charge on any atom is 0.306 e. The average molecular weight is 492 g/mol. The number of thiazole rings is 1. The van der Waals surface area contributed by atoms with Crippen LogP contribution in [-0.4, -0.2) is 46.1 Å². The van der Waals surface area contributed by atoms with Crippen LogP contribution in [-0.2, 0) is 17.4 Å².